The third-order valence-electron chi connectivity index (χ3n) is 8.53. The van der Waals surface area contributed by atoms with Gasteiger partial charge >= 0.3 is 5.97 Å². The number of thioether (sulfide) groups is 1. The molecule has 2 aromatic rings. The molecule has 6 atom stereocenters. The van der Waals surface area contributed by atoms with Crippen molar-refractivity contribution in [3.05, 3.63) is 49.6 Å². The number of rotatable bonds is 13. The molecule has 3 unspecified atom stereocenters. The fourth-order valence-electron chi connectivity index (χ4n) is 6.80. The maximum absolute atomic E-state index is 14.5. The van der Waals surface area contributed by atoms with E-state index in [0.717, 1.165) is 36.7 Å². The van der Waals surface area contributed by atoms with E-state index < -0.39 is 22.6 Å². The van der Waals surface area contributed by atoms with Gasteiger partial charge < -0.3 is 19.6 Å². The van der Waals surface area contributed by atoms with E-state index in [0.29, 0.717) is 6.61 Å². The highest BCUT2D eigenvalue weighted by Gasteiger charge is 2.76. The molecule has 1 aromatic heterocycles. The van der Waals surface area contributed by atoms with Gasteiger partial charge in [0.25, 0.3) is 0 Å². The Kier molecular flexibility index (Phi) is 8.32. The summed E-state index contributed by atoms with van der Waals surface area (Å²) >= 11 is 1.59. The number of aliphatic hydroxyl groups excluding tert-OH is 1. The molecule has 3 fully saturated rings. The van der Waals surface area contributed by atoms with Crippen molar-refractivity contribution in [1.29, 1.82) is 0 Å². The van der Waals surface area contributed by atoms with Crippen LogP contribution < -0.4 is 0 Å². The van der Waals surface area contributed by atoms with E-state index >= 15 is 0 Å². The fourth-order valence-corrected chi connectivity index (χ4v) is 9.21. The van der Waals surface area contributed by atoms with Gasteiger partial charge in [0.05, 0.1) is 35.3 Å². The highest BCUT2D eigenvalue weighted by molar-refractivity contribution is 8.02. The van der Waals surface area contributed by atoms with Gasteiger partial charge in [-0.25, -0.2) is 4.68 Å². The van der Waals surface area contributed by atoms with Crippen molar-refractivity contribution in [3.63, 3.8) is 0 Å². The molecule has 11 heteroatoms. The Morgan fingerprint density at radius 1 is 1.27 bits per heavy atom. The minimum atomic E-state index is -0.831. The number of esters is 1. The summed E-state index contributed by atoms with van der Waals surface area (Å²) in [6, 6.07) is 6.68. The third kappa shape index (κ3) is 4.62. The van der Waals surface area contributed by atoms with E-state index in [1.807, 2.05) is 30.3 Å². The van der Waals surface area contributed by atoms with Crippen LogP contribution >= 0.6 is 11.8 Å². The van der Waals surface area contributed by atoms with Crippen molar-refractivity contribution >= 4 is 40.6 Å². The number of fused-ring (bicyclic) bond motifs is 2. The van der Waals surface area contributed by atoms with Gasteiger partial charge in [0, 0.05) is 18.3 Å². The molecule has 0 saturated carbocycles. The zero-order valence-corrected chi connectivity index (χ0v) is 23.7. The summed E-state index contributed by atoms with van der Waals surface area (Å²) in [5.41, 5.74) is 1.50. The zero-order valence-electron chi connectivity index (χ0n) is 22.9. The van der Waals surface area contributed by atoms with Gasteiger partial charge in [-0.1, -0.05) is 36.4 Å². The van der Waals surface area contributed by atoms with Crippen LogP contribution in [0.2, 0.25) is 0 Å². The lowest BCUT2D eigenvalue weighted by Crippen LogP contribution is -2.57. The predicted molar refractivity (Wildman–Crippen MR) is 152 cm³/mol. The van der Waals surface area contributed by atoms with Crippen LogP contribution in [0.15, 0.2) is 49.6 Å². The second-order valence-corrected chi connectivity index (χ2v) is 12.4. The summed E-state index contributed by atoms with van der Waals surface area (Å²) in [4.78, 5) is 44.9. The first-order chi connectivity index (χ1) is 19.4. The molecule has 2 amide bonds. The average Bonchev–Trinajstić information content (AvgIpc) is 3.66. The van der Waals surface area contributed by atoms with Crippen LogP contribution in [0, 0.1) is 17.8 Å². The standard InChI is InChI=1S/C29H37N5O5S/c1-4-6-7-10-16-39-28(38)23-22-17-19(3)29(40-22)24(23)26(36)33(14-15-35)25(29)27(37)32(13-5-2)18-34-21-12-9-8-11-20(21)30-31-34/h4-5,8-9,11-12,19,22-25,35H,1-2,6-7,10,13-18H2,3H3/t19?,22-,23+,24-,25?,29?/m0/s1. The lowest BCUT2D eigenvalue weighted by atomic mass is 9.66. The third-order valence-corrected chi connectivity index (χ3v) is 10.6. The quantitative estimate of drug-likeness (QED) is 0.223. The number of ether oxygens (including phenoxy) is 1. The molecule has 10 nitrogen and oxygen atoms in total. The van der Waals surface area contributed by atoms with Gasteiger partial charge in [-0.05, 0) is 43.7 Å². The molecule has 0 radical (unpaired) electrons. The maximum Gasteiger partial charge on any atom is 0.310 e. The fraction of sp³-hybridized carbons (Fsp3) is 0.552. The van der Waals surface area contributed by atoms with Crippen molar-refractivity contribution in [2.24, 2.45) is 17.8 Å². The van der Waals surface area contributed by atoms with E-state index in [-0.39, 0.29) is 55.3 Å². The number of amides is 2. The number of carbonyl (C=O) groups is 3. The second-order valence-electron chi connectivity index (χ2n) is 10.8. The second kappa shape index (κ2) is 11.7. The van der Waals surface area contributed by atoms with Crippen LogP contribution in [0.4, 0.5) is 0 Å². The molecule has 2 bridgehead atoms. The van der Waals surface area contributed by atoms with Crippen LogP contribution in [0.3, 0.4) is 0 Å². The summed E-state index contributed by atoms with van der Waals surface area (Å²) in [5.74, 6) is -2.14. The van der Waals surface area contributed by atoms with Gasteiger partial charge in [0.15, 0.2) is 0 Å². The molecule has 3 aliphatic heterocycles. The molecule has 1 spiro atoms. The van der Waals surface area contributed by atoms with Crippen molar-refractivity contribution < 1.29 is 24.2 Å². The highest BCUT2D eigenvalue weighted by Crippen LogP contribution is 2.68. The molecular weight excluding hydrogens is 530 g/mol. The van der Waals surface area contributed by atoms with Crippen LogP contribution in [-0.4, -0.2) is 90.0 Å². The van der Waals surface area contributed by atoms with Crippen molar-refractivity contribution in [3.8, 4) is 0 Å². The maximum atomic E-state index is 14.5. The first-order valence-corrected chi connectivity index (χ1v) is 14.8. The van der Waals surface area contributed by atoms with Crippen molar-refractivity contribution in [1.82, 2.24) is 24.8 Å². The first kappa shape index (κ1) is 28.4. The molecule has 214 valence electrons. The van der Waals surface area contributed by atoms with Gasteiger partial charge in [-0.3, -0.25) is 14.4 Å². The highest BCUT2D eigenvalue weighted by atomic mass is 32.2. The molecule has 3 aliphatic rings. The molecular formula is C29H37N5O5S. The van der Waals surface area contributed by atoms with Crippen LogP contribution in [0.1, 0.15) is 32.6 Å². The lowest BCUT2D eigenvalue weighted by molar-refractivity contribution is -0.154. The Bertz CT molecular complexity index is 1300. The Balaban J connectivity index is 1.45. The molecule has 1 aromatic carbocycles. The van der Waals surface area contributed by atoms with Crippen LogP contribution in [0.5, 0.6) is 0 Å². The molecule has 0 aliphatic carbocycles. The smallest absolute Gasteiger partial charge is 0.310 e. The minimum absolute atomic E-state index is 0.0168. The number of allylic oxidation sites excluding steroid dienone is 1. The number of nitrogens with zero attached hydrogens (tertiary/aromatic N) is 5. The number of likely N-dealkylation sites (tertiary alicyclic amines) is 1. The van der Waals surface area contributed by atoms with E-state index in [1.54, 1.807) is 27.4 Å². The van der Waals surface area contributed by atoms with Gasteiger partial charge in [0.1, 0.15) is 18.2 Å². The van der Waals surface area contributed by atoms with Crippen LogP contribution in [0.25, 0.3) is 11.0 Å². The predicted octanol–water partition coefficient (Wildman–Crippen LogP) is 2.63. The number of aliphatic hydroxyl groups is 1. The number of hydrogen-bond acceptors (Lipinski definition) is 8. The summed E-state index contributed by atoms with van der Waals surface area (Å²) < 4.78 is 6.54. The van der Waals surface area contributed by atoms with Crippen molar-refractivity contribution in [2.75, 3.05) is 26.3 Å². The summed E-state index contributed by atoms with van der Waals surface area (Å²) in [5, 5.41) is 18.3. The topological polar surface area (TPSA) is 118 Å². The summed E-state index contributed by atoms with van der Waals surface area (Å²) in [6.07, 6.45) is 6.67. The molecule has 40 heavy (non-hydrogen) atoms. The van der Waals surface area contributed by atoms with Crippen molar-refractivity contribution in [2.45, 2.75) is 55.3 Å². The largest absolute Gasteiger partial charge is 0.465 e. The van der Waals surface area contributed by atoms with E-state index in [1.165, 1.54) is 4.90 Å². The molecule has 5 rings (SSSR count). The number of aromatic nitrogens is 3. The Labute approximate surface area is 238 Å². The number of hydrogen-bond donors (Lipinski definition) is 1. The molecule has 1 N–H and O–H groups in total. The number of β-amino-alcohol motifs (C(OH)–C–C–N with tert-alkyl or cyclic N) is 1. The van der Waals surface area contributed by atoms with Gasteiger partial charge in [-0.2, -0.15) is 0 Å². The Morgan fingerprint density at radius 3 is 2.83 bits per heavy atom. The summed E-state index contributed by atoms with van der Waals surface area (Å²) in [6.45, 7) is 10.0. The zero-order chi connectivity index (χ0) is 28.4. The lowest BCUT2D eigenvalue weighted by Gasteiger charge is -2.40. The Hall–Kier alpha value is -3.18. The van der Waals surface area contributed by atoms with Gasteiger partial charge in [0.2, 0.25) is 11.8 Å². The molecule has 4 heterocycles. The normalized spacial score (nSPS) is 28.6. The average molecular weight is 568 g/mol. The molecule has 3 saturated heterocycles. The van der Waals surface area contributed by atoms with E-state index in [4.69, 9.17) is 4.74 Å². The number of benzene rings is 1. The number of unbranched alkanes of at least 4 members (excludes halogenated alkanes) is 2. The van der Waals surface area contributed by atoms with Gasteiger partial charge in [-0.15, -0.1) is 30.0 Å². The number of para-hydroxylation sites is 1. The van der Waals surface area contributed by atoms with Crippen LogP contribution in [-0.2, 0) is 25.8 Å². The number of carbonyl (C=O) groups excluding carboxylic acids is 3. The summed E-state index contributed by atoms with van der Waals surface area (Å²) in [7, 11) is 0. The SMILES string of the molecule is C=CCCCCOC(=O)[C@@H]1[C@@H]2CC(C)C3(S2)C(C(=O)N(CC=C)Cn2nnc4ccccc42)N(CCO)C(=O)[C@H]13. The first-order valence-electron chi connectivity index (χ1n) is 13.9. The van der Waals surface area contributed by atoms with E-state index in [9.17, 15) is 19.5 Å². The monoisotopic (exact) mass is 567 g/mol. The minimum Gasteiger partial charge on any atom is -0.465 e. The Morgan fingerprint density at radius 2 is 2.08 bits per heavy atom. The van der Waals surface area contributed by atoms with E-state index in [2.05, 4.69) is 30.4 Å².